The van der Waals surface area contributed by atoms with Crippen LogP contribution in [0.1, 0.15) is 123 Å². The molecule has 0 spiro atoms. The highest BCUT2D eigenvalue weighted by Crippen LogP contribution is 2.49. The Hall–Kier alpha value is -15.8. The van der Waals surface area contributed by atoms with Gasteiger partial charge in [-0.2, -0.15) is 0 Å². The van der Waals surface area contributed by atoms with E-state index in [9.17, 15) is 0 Å². The van der Waals surface area contributed by atoms with Crippen molar-refractivity contribution < 1.29 is 0 Å². The molecule has 26 aromatic rings. The molecular weight excluding hydrogens is 1650 g/mol. The molecule has 0 fully saturated rings. The van der Waals surface area contributed by atoms with Gasteiger partial charge in [-0.05, 0) is 234 Å². The molecule has 0 atom stereocenters. The molecule has 135 heavy (non-hydrogen) atoms. The lowest BCUT2D eigenvalue weighted by Gasteiger charge is -2.32. The number of rotatable bonds is 2. The van der Waals surface area contributed by atoms with E-state index in [1.807, 2.05) is 43.2 Å². The fraction of sp³-hybridized carbons (Fsp3) is 0.174. The van der Waals surface area contributed by atoms with E-state index in [0.29, 0.717) is 0 Å². The largest absolute Gasteiger partial charge is 0.296 e. The van der Waals surface area contributed by atoms with Crippen molar-refractivity contribution in [1.82, 2.24) is 66.3 Å². The van der Waals surface area contributed by atoms with Crippen LogP contribution in [0.4, 0.5) is 0 Å². The Labute approximate surface area is 778 Å². The minimum absolute atomic E-state index is 0.0961. The van der Waals surface area contributed by atoms with Crippen LogP contribution in [0.25, 0.3) is 186 Å². The van der Waals surface area contributed by atoms with Gasteiger partial charge in [0.2, 0.25) is 0 Å². The zero-order valence-corrected chi connectivity index (χ0v) is 77.1. The summed E-state index contributed by atoms with van der Waals surface area (Å²) in [7, 11) is 0. The number of aryl methyl sites for hydroxylation is 13. The van der Waals surface area contributed by atoms with E-state index in [4.69, 9.17) is 19.9 Å². The highest BCUT2D eigenvalue weighted by molar-refractivity contribution is 6.21. The number of imidazole rings is 6. The second-order valence-electron chi connectivity index (χ2n) is 39.6. The van der Waals surface area contributed by atoms with Gasteiger partial charge in [0.05, 0.1) is 38.6 Å². The van der Waals surface area contributed by atoms with E-state index in [1.165, 1.54) is 237 Å². The van der Waals surface area contributed by atoms with E-state index < -0.39 is 0 Å². The maximum atomic E-state index is 4.83. The molecule has 0 N–H and O–H groups in total. The molecule has 650 valence electrons. The third-order valence-corrected chi connectivity index (χ3v) is 30.8. The van der Waals surface area contributed by atoms with E-state index in [-0.39, 0.29) is 10.8 Å². The summed E-state index contributed by atoms with van der Waals surface area (Å²) in [4.78, 5) is 37.4. The van der Waals surface area contributed by atoms with Crippen molar-refractivity contribution in [3.63, 3.8) is 0 Å². The summed E-state index contributed by atoms with van der Waals surface area (Å²) in [5, 5.41) is 21.9. The van der Waals surface area contributed by atoms with Gasteiger partial charge in [0, 0.05) is 165 Å². The van der Waals surface area contributed by atoms with Crippen LogP contribution in [-0.2, 0) is 75.0 Å². The lowest BCUT2D eigenvalue weighted by atomic mass is 9.76. The van der Waals surface area contributed by atoms with E-state index in [2.05, 4.69) is 364 Å². The van der Waals surface area contributed by atoms with Crippen molar-refractivity contribution in [2.45, 2.75) is 137 Å². The first kappa shape index (κ1) is 79.0. The van der Waals surface area contributed by atoms with Crippen LogP contribution in [0.5, 0.6) is 0 Å². The van der Waals surface area contributed by atoms with Gasteiger partial charge in [-0.25, -0.2) is 29.9 Å². The molecule has 14 aromatic heterocycles. The molecule has 32 rings (SSSR count). The average Bonchev–Trinajstić information content (AvgIpc) is 1.61. The normalized spacial score (nSPS) is 14.4. The quantitative estimate of drug-likeness (QED) is 0.156. The van der Waals surface area contributed by atoms with Crippen LogP contribution < -0.4 is 0 Å². The van der Waals surface area contributed by atoms with Gasteiger partial charge >= 0.3 is 0 Å². The summed E-state index contributed by atoms with van der Waals surface area (Å²) in [6.07, 6.45) is 28.8. The van der Waals surface area contributed by atoms with E-state index >= 15 is 0 Å². The van der Waals surface area contributed by atoms with Crippen molar-refractivity contribution >= 4 is 164 Å². The highest BCUT2D eigenvalue weighted by atomic mass is 15.1. The zero-order valence-electron chi connectivity index (χ0n) is 77.1. The fourth-order valence-electron chi connectivity index (χ4n) is 24.6. The Morgan fingerprint density at radius 2 is 0.622 bits per heavy atom. The van der Waals surface area contributed by atoms with Crippen LogP contribution in [0.3, 0.4) is 0 Å². The van der Waals surface area contributed by atoms with Gasteiger partial charge in [0.25, 0.3) is 0 Å². The standard InChI is InChI=1S/C25H20N2.C24H18N2.C20H18N2.C18H14N2.2C17H13N3/c1-25(2)14-17-15-26-24-20-11-7-6-10-19(20)22-18(16-8-4-3-5-9-16)12-13-21(25)23(22)27(17)24;1-15-21(16-7-3-2-4-8-16)13-17-11-12-18-14-25-24-20-10-6-5-9-19(20)22(15)23(17)26(18)24;1-12-8-9-13-10-20(2,3)16-11-21-19-15-7-5-4-6-14(15)17(12)18(13)22(16)19;1-11-6-7-12-8-9-13-10-19-18-15-5-3-2-4-14(15)16(11)17(12)20(13)18;1-10-2-3-11-4-5-12-8-19-17-13-6-7-18-9-14(13)15(10)16(11)20(12)17;1-10-4-5-11-6-7-12-9-19-17-13-3-2-8-18-15(13)14(10)16(11)20(12)17/h3-13,15H,14H2,1-2H3;2-10,13-14H,11-12H2,1H3;4-9,11H,10H2,1-3H3;2-7,10H,8-9H2,1H3;2-3,6-9H,4-5H2,1H3;2-5,8-9H,6-7H2,1H3. The molecule has 12 aromatic carbocycles. The summed E-state index contributed by atoms with van der Waals surface area (Å²) in [5.74, 6) is 0. The molecule has 0 radical (unpaired) electrons. The first-order valence-corrected chi connectivity index (χ1v) is 47.8. The van der Waals surface area contributed by atoms with Gasteiger partial charge < -0.3 is 0 Å². The van der Waals surface area contributed by atoms with Crippen LogP contribution >= 0.6 is 0 Å². The first-order chi connectivity index (χ1) is 66.1. The summed E-state index contributed by atoms with van der Waals surface area (Å²) in [5.41, 5.74) is 44.2. The third kappa shape index (κ3) is 11.6. The second-order valence-corrected chi connectivity index (χ2v) is 39.6. The molecule has 0 saturated carbocycles. The van der Waals surface area contributed by atoms with Crippen molar-refractivity contribution in [2.75, 3.05) is 0 Å². The molecule has 0 unspecified atom stereocenters. The van der Waals surface area contributed by atoms with Crippen LogP contribution in [0, 0.1) is 34.6 Å². The van der Waals surface area contributed by atoms with Crippen molar-refractivity contribution in [1.29, 1.82) is 0 Å². The van der Waals surface area contributed by atoms with Gasteiger partial charge in [-0.15, -0.1) is 0 Å². The second kappa shape index (κ2) is 29.6. The molecule has 6 aliphatic heterocycles. The van der Waals surface area contributed by atoms with Gasteiger partial charge in [-0.3, -0.25) is 36.4 Å². The fourth-order valence-corrected chi connectivity index (χ4v) is 24.6. The predicted molar refractivity (Wildman–Crippen MR) is 554 cm³/mol. The molecular formula is C121H96N14. The van der Waals surface area contributed by atoms with Crippen molar-refractivity contribution in [3.8, 4) is 22.3 Å². The predicted octanol–water partition coefficient (Wildman–Crippen LogP) is 27.6. The van der Waals surface area contributed by atoms with Crippen molar-refractivity contribution in [3.05, 3.63) is 394 Å². The summed E-state index contributed by atoms with van der Waals surface area (Å²) in [6, 6.07) is 87.6. The number of benzene rings is 12. The summed E-state index contributed by atoms with van der Waals surface area (Å²) < 4.78 is 14.3. The SMILES string of the molecule is CC1(C)Cc2cnc3c4ccccc4c4c(-c5ccccc5)ccc1c4n23.Cc1c(-c2ccccc2)cc2c3c1c1ccccc1c1ncc(n13)CC2.Cc1ccc2c3c1c1ccccc1c1ncc(n13)C(C)(C)C2.Cc1ccc2c3c1c1ccccc1c1ncc(n13)CC2.Cc1ccc2c3c1c1cnccc1c1ncc(n13)CC2.Cc1ccc2c3c1c1ncccc1c1ncc(n13)CC2. The molecule has 0 aliphatic carbocycles. The maximum Gasteiger partial charge on any atom is 0.146 e. The topological polar surface area (TPSA) is 130 Å². The average molecular weight is 1750 g/mol. The highest BCUT2D eigenvalue weighted by Gasteiger charge is 2.36. The minimum atomic E-state index is 0.0961. The smallest absolute Gasteiger partial charge is 0.146 e. The Balaban J connectivity index is 0.0000000826. The Bertz CT molecular complexity index is 9250. The van der Waals surface area contributed by atoms with Gasteiger partial charge in [0.1, 0.15) is 33.9 Å². The monoisotopic (exact) mass is 1740 g/mol. The number of hydrogen-bond donors (Lipinski definition) is 0. The number of hydrogen-bond acceptors (Lipinski definition) is 8. The number of fused-ring (bicyclic) bond motifs is 18. The lowest BCUT2D eigenvalue weighted by Crippen LogP contribution is -2.27. The minimum Gasteiger partial charge on any atom is -0.296 e. The molecule has 14 nitrogen and oxygen atoms in total. The van der Waals surface area contributed by atoms with Crippen LogP contribution in [0.2, 0.25) is 0 Å². The number of nitrogens with zero attached hydrogens (tertiary/aromatic N) is 14. The molecule has 14 heteroatoms. The molecule has 20 heterocycles. The molecule has 6 aliphatic rings. The molecule has 0 bridgehead atoms. The van der Waals surface area contributed by atoms with Crippen LogP contribution in [0.15, 0.2) is 298 Å². The molecule has 0 saturated heterocycles. The third-order valence-electron chi connectivity index (χ3n) is 30.8. The number of pyridine rings is 8. The number of aromatic nitrogens is 14. The van der Waals surface area contributed by atoms with Crippen LogP contribution in [-0.4, -0.2) is 66.3 Å². The Morgan fingerprint density at radius 1 is 0.244 bits per heavy atom. The Kier molecular flexibility index (Phi) is 17.3. The zero-order chi connectivity index (χ0) is 90.3. The van der Waals surface area contributed by atoms with Gasteiger partial charge in [-0.1, -0.05) is 246 Å². The molecule has 0 amide bonds. The lowest BCUT2D eigenvalue weighted by molar-refractivity contribution is 0.494. The Morgan fingerprint density at radius 3 is 1.14 bits per heavy atom. The summed E-state index contributed by atoms with van der Waals surface area (Å²) >= 11 is 0. The van der Waals surface area contributed by atoms with E-state index in [1.54, 1.807) is 0 Å². The van der Waals surface area contributed by atoms with E-state index in [0.717, 1.165) is 109 Å². The van der Waals surface area contributed by atoms with Crippen molar-refractivity contribution in [2.24, 2.45) is 0 Å². The summed E-state index contributed by atoms with van der Waals surface area (Å²) in [6.45, 7) is 20.4. The maximum absolute atomic E-state index is 4.83. The van der Waals surface area contributed by atoms with Gasteiger partial charge in [0.15, 0.2) is 0 Å². The first-order valence-electron chi connectivity index (χ1n) is 47.8.